The summed E-state index contributed by atoms with van der Waals surface area (Å²) in [4.78, 5) is 0. The van der Waals surface area contributed by atoms with E-state index in [1.807, 2.05) is 0 Å². The Morgan fingerprint density at radius 1 is 1.30 bits per heavy atom. The molecule has 0 aliphatic heterocycles. The fourth-order valence-electron chi connectivity index (χ4n) is 0. The van der Waals surface area contributed by atoms with E-state index in [-0.39, 0.29) is 5.90 Å². The van der Waals surface area contributed by atoms with Crippen LogP contribution in [0.25, 0.3) is 0 Å². The summed E-state index contributed by atoms with van der Waals surface area (Å²) < 4.78 is 43.3. The summed E-state index contributed by atoms with van der Waals surface area (Å²) in [6.45, 7) is 1.58. The van der Waals surface area contributed by atoms with Crippen molar-refractivity contribution in [3.63, 3.8) is 0 Å². The number of halogens is 4. The molecule has 0 spiro atoms. The molecule has 0 atom stereocenters. The van der Waals surface area contributed by atoms with Crippen LogP contribution in [0.4, 0.5) is 17.3 Å². The molecule has 0 saturated heterocycles. The van der Waals surface area contributed by atoms with Crippen molar-refractivity contribution in [2.75, 3.05) is 7.11 Å². The van der Waals surface area contributed by atoms with E-state index in [4.69, 9.17) is 5.41 Å². The molecule has 0 aliphatic carbocycles. The average Bonchev–Trinajstić information content (AvgIpc) is 1.61. The first-order valence-electron chi connectivity index (χ1n) is 2.24. The van der Waals surface area contributed by atoms with Crippen LogP contribution in [0.2, 0.25) is 0 Å². The second kappa shape index (κ2) is 5.07. The molecular formula is C3H7BF4NO-. The Kier molecular flexibility index (Phi) is 6.08. The van der Waals surface area contributed by atoms with Crippen molar-refractivity contribution in [1.29, 1.82) is 5.41 Å². The predicted octanol–water partition coefficient (Wildman–Crippen LogP) is 1.93. The Hall–Kier alpha value is -0.745. The Labute approximate surface area is 55.8 Å². The predicted molar refractivity (Wildman–Crippen MR) is 30.6 cm³/mol. The molecule has 0 bridgehead atoms. The normalized spacial score (nSPS) is 9.40. The van der Waals surface area contributed by atoms with Gasteiger partial charge in [-0.25, -0.2) is 0 Å². The zero-order chi connectivity index (χ0) is 8.78. The maximum atomic E-state index is 9.75. The molecule has 0 fully saturated rings. The van der Waals surface area contributed by atoms with Gasteiger partial charge in [0.1, 0.15) is 0 Å². The summed E-state index contributed by atoms with van der Waals surface area (Å²) in [5.74, 6) is 0.255. The molecular weight excluding hydrogens is 153 g/mol. The van der Waals surface area contributed by atoms with E-state index in [0.717, 1.165) is 0 Å². The largest absolute Gasteiger partial charge is 0.673 e. The van der Waals surface area contributed by atoms with Gasteiger partial charge in [-0.3, -0.25) is 5.41 Å². The van der Waals surface area contributed by atoms with Gasteiger partial charge < -0.3 is 22.0 Å². The number of hydrogen-bond acceptors (Lipinski definition) is 2. The van der Waals surface area contributed by atoms with Crippen LogP contribution in [-0.2, 0) is 4.74 Å². The van der Waals surface area contributed by atoms with Crippen molar-refractivity contribution in [3.05, 3.63) is 0 Å². The molecule has 0 amide bonds. The lowest BCUT2D eigenvalue weighted by molar-refractivity contribution is 0.368. The lowest BCUT2D eigenvalue weighted by atomic mass is 10.3. The van der Waals surface area contributed by atoms with Gasteiger partial charge >= 0.3 is 7.25 Å². The summed E-state index contributed by atoms with van der Waals surface area (Å²) in [6, 6.07) is 0. The number of methoxy groups -OCH3 is 1. The topological polar surface area (TPSA) is 33.1 Å². The fourth-order valence-corrected chi connectivity index (χ4v) is 0. The Morgan fingerprint density at radius 2 is 1.40 bits per heavy atom. The van der Waals surface area contributed by atoms with Gasteiger partial charge in [-0.15, -0.1) is 0 Å². The SMILES string of the molecule is COC(C)=N.F[B-](F)(F)F. The standard InChI is InChI=1S/C3H7NO.BF4/c1-3(4)5-2;2-1(3,4)5/h4H,1-2H3;/q;-1. The molecule has 0 rings (SSSR count). The molecule has 0 unspecified atom stereocenters. The van der Waals surface area contributed by atoms with E-state index in [9.17, 15) is 17.3 Å². The molecule has 1 N–H and O–H groups in total. The average molecular weight is 160 g/mol. The van der Waals surface area contributed by atoms with Crippen LogP contribution in [0.15, 0.2) is 0 Å². The van der Waals surface area contributed by atoms with E-state index in [0.29, 0.717) is 0 Å². The smallest absolute Gasteiger partial charge is 0.485 e. The van der Waals surface area contributed by atoms with Crippen molar-refractivity contribution in [1.82, 2.24) is 0 Å². The van der Waals surface area contributed by atoms with Gasteiger partial charge in [0.15, 0.2) is 5.90 Å². The van der Waals surface area contributed by atoms with Crippen molar-refractivity contribution in [2.24, 2.45) is 0 Å². The zero-order valence-corrected chi connectivity index (χ0v) is 5.50. The van der Waals surface area contributed by atoms with Gasteiger partial charge in [0.2, 0.25) is 0 Å². The Bertz CT molecular complexity index is 97.2. The molecule has 0 heterocycles. The highest BCUT2D eigenvalue weighted by molar-refractivity contribution is 6.50. The molecule has 0 saturated carbocycles. The van der Waals surface area contributed by atoms with Gasteiger partial charge in [-0.2, -0.15) is 0 Å². The Balaban J connectivity index is 0. The van der Waals surface area contributed by atoms with Gasteiger partial charge in [0.05, 0.1) is 7.11 Å². The number of hydrogen-bond donors (Lipinski definition) is 1. The third-order valence-corrected chi connectivity index (χ3v) is 0.306. The molecule has 0 aromatic rings. The fraction of sp³-hybridized carbons (Fsp3) is 0.667. The highest BCUT2D eigenvalue weighted by Gasteiger charge is 2.20. The van der Waals surface area contributed by atoms with E-state index >= 15 is 0 Å². The van der Waals surface area contributed by atoms with Crippen LogP contribution >= 0.6 is 0 Å². The molecule has 0 aliphatic rings. The number of rotatable bonds is 0. The minimum Gasteiger partial charge on any atom is -0.485 e. The highest BCUT2D eigenvalue weighted by atomic mass is 19.5. The third-order valence-electron chi connectivity index (χ3n) is 0.306. The summed E-state index contributed by atoms with van der Waals surface area (Å²) in [6.07, 6.45) is 0. The molecule has 7 heteroatoms. The van der Waals surface area contributed by atoms with Crippen LogP contribution in [0.3, 0.4) is 0 Å². The summed E-state index contributed by atoms with van der Waals surface area (Å²) in [7, 11) is -4.53. The lowest BCUT2D eigenvalue weighted by Gasteiger charge is -1.94. The van der Waals surface area contributed by atoms with Gasteiger partial charge in [0.25, 0.3) is 0 Å². The Morgan fingerprint density at radius 3 is 1.40 bits per heavy atom. The van der Waals surface area contributed by atoms with Crippen LogP contribution < -0.4 is 0 Å². The zero-order valence-electron chi connectivity index (χ0n) is 5.50. The molecule has 0 aromatic carbocycles. The summed E-state index contributed by atoms with van der Waals surface area (Å²) >= 11 is 0. The van der Waals surface area contributed by atoms with Gasteiger partial charge in [-0.1, -0.05) is 0 Å². The van der Waals surface area contributed by atoms with Crippen molar-refractivity contribution < 1.29 is 22.0 Å². The maximum absolute atomic E-state index is 9.75. The van der Waals surface area contributed by atoms with Crippen molar-refractivity contribution in [2.45, 2.75) is 6.92 Å². The van der Waals surface area contributed by atoms with Crippen LogP contribution in [0, 0.1) is 5.41 Å². The second-order valence-corrected chi connectivity index (χ2v) is 1.26. The molecule has 2 nitrogen and oxygen atoms in total. The van der Waals surface area contributed by atoms with E-state index < -0.39 is 7.25 Å². The number of nitrogens with one attached hydrogen (secondary N) is 1. The molecule has 62 valence electrons. The summed E-state index contributed by atoms with van der Waals surface area (Å²) in [5.41, 5.74) is 0. The monoisotopic (exact) mass is 160 g/mol. The van der Waals surface area contributed by atoms with Crippen LogP contribution in [-0.4, -0.2) is 20.3 Å². The van der Waals surface area contributed by atoms with Crippen LogP contribution in [0.5, 0.6) is 0 Å². The molecule has 0 radical (unpaired) electrons. The lowest BCUT2D eigenvalue weighted by Crippen LogP contribution is -2.02. The first-order valence-corrected chi connectivity index (χ1v) is 2.24. The maximum Gasteiger partial charge on any atom is 0.673 e. The van der Waals surface area contributed by atoms with E-state index in [2.05, 4.69) is 4.74 Å². The van der Waals surface area contributed by atoms with Crippen LogP contribution in [0.1, 0.15) is 6.92 Å². The van der Waals surface area contributed by atoms with Crippen molar-refractivity contribution in [3.8, 4) is 0 Å². The van der Waals surface area contributed by atoms with Crippen molar-refractivity contribution >= 4 is 13.2 Å². The quantitative estimate of drug-likeness (QED) is 0.249. The first-order chi connectivity index (χ1) is 4.27. The van der Waals surface area contributed by atoms with E-state index in [1.54, 1.807) is 6.92 Å². The number of ether oxygens (including phenoxy) is 1. The summed E-state index contributed by atoms with van der Waals surface area (Å²) in [5, 5.41) is 6.52. The molecule has 0 aromatic heterocycles. The van der Waals surface area contributed by atoms with E-state index in [1.165, 1.54) is 7.11 Å². The first kappa shape index (κ1) is 12.0. The molecule has 10 heavy (non-hydrogen) atoms. The third kappa shape index (κ3) is 180. The highest BCUT2D eigenvalue weighted by Crippen LogP contribution is 2.06. The van der Waals surface area contributed by atoms with Gasteiger partial charge in [0, 0.05) is 6.92 Å². The minimum atomic E-state index is -6.00. The van der Waals surface area contributed by atoms with Gasteiger partial charge in [-0.05, 0) is 0 Å². The second-order valence-electron chi connectivity index (χ2n) is 1.26. The minimum absolute atomic E-state index is 0.255.